The summed E-state index contributed by atoms with van der Waals surface area (Å²) in [5, 5.41) is 2.76. The van der Waals surface area contributed by atoms with Crippen LogP contribution in [-0.4, -0.2) is 36.3 Å². The normalized spacial score (nSPS) is 16.1. The second kappa shape index (κ2) is 6.89. The van der Waals surface area contributed by atoms with Crippen LogP contribution in [0.25, 0.3) is 6.08 Å². The first-order valence-electron chi connectivity index (χ1n) is 7.01. The molecule has 1 aliphatic rings. The highest BCUT2D eigenvalue weighted by Crippen LogP contribution is 2.07. The summed E-state index contributed by atoms with van der Waals surface area (Å²) in [7, 11) is 0. The molecule has 1 fully saturated rings. The Morgan fingerprint density at radius 1 is 1.30 bits per heavy atom. The van der Waals surface area contributed by atoms with Crippen LogP contribution < -0.4 is 5.32 Å². The molecule has 1 heterocycles. The first kappa shape index (κ1) is 14.3. The van der Waals surface area contributed by atoms with E-state index < -0.39 is 0 Å². The second-order valence-corrected chi connectivity index (χ2v) is 4.85. The lowest BCUT2D eigenvalue weighted by Gasteiger charge is -2.17. The van der Waals surface area contributed by atoms with E-state index in [4.69, 9.17) is 0 Å². The van der Waals surface area contributed by atoms with Gasteiger partial charge in [-0.2, -0.15) is 0 Å². The zero-order valence-corrected chi connectivity index (χ0v) is 11.8. The van der Waals surface area contributed by atoms with Crippen molar-refractivity contribution in [2.75, 3.05) is 19.6 Å². The molecular formula is C16H20N2O2. The van der Waals surface area contributed by atoms with Crippen molar-refractivity contribution in [3.8, 4) is 0 Å². The molecule has 20 heavy (non-hydrogen) atoms. The van der Waals surface area contributed by atoms with E-state index in [0.29, 0.717) is 26.1 Å². The standard InChI is InChI=1S/C16H20N2O2/c1-2-13-3-5-14(6-4-13)7-8-16(20)18-11-9-15(19)17-10-12-18/h3-8H,2,9-12H2,1H3,(H,17,19). The van der Waals surface area contributed by atoms with Gasteiger partial charge in [-0.05, 0) is 23.6 Å². The van der Waals surface area contributed by atoms with Gasteiger partial charge in [-0.3, -0.25) is 9.59 Å². The molecule has 1 aliphatic heterocycles. The summed E-state index contributed by atoms with van der Waals surface area (Å²) in [4.78, 5) is 25.0. The van der Waals surface area contributed by atoms with Crippen LogP contribution in [0.1, 0.15) is 24.5 Å². The minimum absolute atomic E-state index is 0.0134. The number of nitrogens with zero attached hydrogens (tertiary/aromatic N) is 1. The molecule has 0 aromatic heterocycles. The Labute approximate surface area is 119 Å². The molecular weight excluding hydrogens is 252 g/mol. The van der Waals surface area contributed by atoms with E-state index >= 15 is 0 Å². The quantitative estimate of drug-likeness (QED) is 0.850. The van der Waals surface area contributed by atoms with E-state index in [1.165, 1.54) is 5.56 Å². The SMILES string of the molecule is CCc1ccc(C=CC(=O)N2CCNC(=O)CC2)cc1. The molecule has 2 amide bonds. The summed E-state index contributed by atoms with van der Waals surface area (Å²) < 4.78 is 0. The highest BCUT2D eigenvalue weighted by atomic mass is 16.2. The Hall–Kier alpha value is -2.10. The first-order chi connectivity index (χ1) is 9.69. The Morgan fingerprint density at radius 3 is 2.75 bits per heavy atom. The van der Waals surface area contributed by atoms with Crippen molar-refractivity contribution in [2.45, 2.75) is 19.8 Å². The van der Waals surface area contributed by atoms with Crippen LogP contribution in [0.2, 0.25) is 0 Å². The summed E-state index contributed by atoms with van der Waals surface area (Å²) in [6.07, 6.45) is 4.79. The third kappa shape index (κ3) is 3.95. The zero-order chi connectivity index (χ0) is 14.4. The second-order valence-electron chi connectivity index (χ2n) is 4.85. The molecule has 1 aromatic rings. The van der Waals surface area contributed by atoms with E-state index in [9.17, 15) is 9.59 Å². The topological polar surface area (TPSA) is 49.4 Å². The summed E-state index contributed by atoms with van der Waals surface area (Å²) in [5.74, 6) is -0.0273. The maximum absolute atomic E-state index is 12.1. The molecule has 0 unspecified atom stereocenters. The van der Waals surface area contributed by atoms with Crippen molar-refractivity contribution in [2.24, 2.45) is 0 Å². The predicted octanol–water partition coefficient (Wildman–Crippen LogP) is 1.61. The van der Waals surface area contributed by atoms with Crippen LogP contribution in [0, 0.1) is 0 Å². The maximum Gasteiger partial charge on any atom is 0.246 e. The number of nitrogens with one attached hydrogen (secondary N) is 1. The van der Waals surface area contributed by atoms with Crippen LogP contribution in [-0.2, 0) is 16.0 Å². The lowest BCUT2D eigenvalue weighted by molar-refractivity contribution is -0.125. The van der Waals surface area contributed by atoms with Crippen molar-refractivity contribution in [1.29, 1.82) is 0 Å². The molecule has 4 nitrogen and oxygen atoms in total. The average molecular weight is 272 g/mol. The molecule has 106 valence electrons. The summed E-state index contributed by atoms with van der Waals surface area (Å²) in [6, 6.07) is 8.16. The van der Waals surface area contributed by atoms with Crippen molar-refractivity contribution < 1.29 is 9.59 Å². The van der Waals surface area contributed by atoms with Gasteiger partial charge in [0.05, 0.1) is 0 Å². The molecule has 2 rings (SSSR count). The van der Waals surface area contributed by atoms with Crippen LogP contribution in [0.5, 0.6) is 0 Å². The predicted molar refractivity (Wildman–Crippen MR) is 79.1 cm³/mol. The molecule has 0 bridgehead atoms. The van der Waals surface area contributed by atoms with Crippen molar-refractivity contribution in [1.82, 2.24) is 10.2 Å². The van der Waals surface area contributed by atoms with Gasteiger partial charge in [-0.15, -0.1) is 0 Å². The van der Waals surface area contributed by atoms with E-state index in [-0.39, 0.29) is 11.8 Å². The van der Waals surface area contributed by atoms with Crippen LogP contribution in [0.15, 0.2) is 30.3 Å². The van der Waals surface area contributed by atoms with Gasteiger partial charge < -0.3 is 10.2 Å². The van der Waals surface area contributed by atoms with Crippen LogP contribution >= 0.6 is 0 Å². The summed E-state index contributed by atoms with van der Waals surface area (Å²) in [6.45, 7) is 3.71. The Bertz CT molecular complexity index is 506. The molecule has 1 saturated heterocycles. The fourth-order valence-electron chi connectivity index (χ4n) is 2.12. The van der Waals surface area contributed by atoms with Gasteiger partial charge in [0.15, 0.2) is 0 Å². The minimum Gasteiger partial charge on any atom is -0.354 e. The van der Waals surface area contributed by atoms with E-state index in [1.54, 1.807) is 11.0 Å². The average Bonchev–Trinajstić information content (AvgIpc) is 2.70. The minimum atomic E-state index is -0.0407. The Balaban J connectivity index is 1.95. The smallest absolute Gasteiger partial charge is 0.246 e. The fourth-order valence-corrected chi connectivity index (χ4v) is 2.12. The van der Waals surface area contributed by atoms with Crippen molar-refractivity contribution in [3.05, 3.63) is 41.5 Å². The maximum atomic E-state index is 12.1. The molecule has 1 aromatic carbocycles. The molecule has 0 saturated carbocycles. The molecule has 0 aliphatic carbocycles. The number of benzene rings is 1. The van der Waals surface area contributed by atoms with Crippen LogP contribution in [0.3, 0.4) is 0 Å². The van der Waals surface area contributed by atoms with E-state index in [2.05, 4.69) is 24.4 Å². The van der Waals surface area contributed by atoms with Crippen molar-refractivity contribution in [3.63, 3.8) is 0 Å². The summed E-state index contributed by atoms with van der Waals surface area (Å²) in [5.41, 5.74) is 2.30. The number of aryl methyl sites for hydroxylation is 1. The third-order valence-electron chi connectivity index (χ3n) is 3.43. The third-order valence-corrected chi connectivity index (χ3v) is 3.43. The molecule has 0 spiro atoms. The van der Waals surface area contributed by atoms with Gasteiger partial charge in [0.1, 0.15) is 0 Å². The van der Waals surface area contributed by atoms with Gasteiger partial charge in [-0.1, -0.05) is 31.2 Å². The monoisotopic (exact) mass is 272 g/mol. The largest absolute Gasteiger partial charge is 0.354 e. The lowest BCUT2D eigenvalue weighted by atomic mass is 10.1. The number of hydrogen-bond acceptors (Lipinski definition) is 2. The molecule has 1 N–H and O–H groups in total. The van der Waals surface area contributed by atoms with Crippen molar-refractivity contribution >= 4 is 17.9 Å². The van der Waals surface area contributed by atoms with Gasteiger partial charge in [0, 0.05) is 32.1 Å². The first-order valence-corrected chi connectivity index (χ1v) is 7.01. The van der Waals surface area contributed by atoms with Gasteiger partial charge in [0.25, 0.3) is 0 Å². The van der Waals surface area contributed by atoms with E-state index in [0.717, 1.165) is 12.0 Å². The van der Waals surface area contributed by atoms with E-state index in [1.807, 2.05) is 18.2 Å². The number of amides is 2. The fraction of sp³-hybridized carbons (Fsp3) is 0.375. The van der Waals surface area contributed by atoms with Gasteiger partial charge in [-0.25, -0.2) is 0 Å². The van der Waals surface area contributed by atoms with Crippen LogP contribution in [0.4, 0.5) is 0 Å². The highest BCUT2D eigenvalue weighted by Gasteiger charge is 2.16. The molecule has 0 radical (unpaired) electrons. The highest BCUT2D eigenvalue weighted by molar-refractivity contribution is 5.92. The number of rotatable bonds is 3. The number of hydrogen-bond donors (Lipinski definition) is 1. The zero-order valence-electron chi connectivity index (χ0n) is 11.8. The number of carbonyl (C=O) groups excluding carboxylic acids is 2. The molecule has 4 heteroatoms. The summed E-state index contributed by atoms with van der Waals surface area (Å²) >= 11 is 0. The Morgan fingerprint density at radius 2 is 2.05 bits per heavy atom. The Kier molecular flexibility index (Phi) is 4.93. The number of carbonyl (C=O) groups is 2. The molecule has 0 atom stereocenters. The lowest BCUT2D eigenvalue weighted by Crippen LogP contribution is -2.32. The van der Waals surface area contributed by atoms with Gasteiger partial charge in [0.2, 0.25) is 11.8 Å². The van der Waals surface area contributed by atoms with Gasteiger partial charge >= 0.3 is 0 Å².